The van der Waals surface area contributed by atoms with E-state index in [0.29, 0.717) is 5.02 Å². The third-order valence-electron chi connectivity index (χ3n) is 5.40. The molecule has 5 heteroatoms. The summed E-state index contributed by atoms with van der Waals surface area (Å²) in [5, 5.41) is 0.613. The van der Waals surface area contributed by atoms with Crippen molar-refractivity contribution in [1.29, 1.82) is 0 Å². The lowest BCUT2D eigenvalue weighted by molar-refractivity contribution is 0.782. The van der Waals surface area contributed by atoms with Crippen LogP contribution in [0.5, 0.6) is 0 Å². The first-order chi connectivity index (χ1) is 12.8. The molecule has 26 heavy (non-hydrogen) atoms. The maximum atomic E-state index is 6.58. The molecule has 0 aliphatic heterocycles. The normalized spacial score (nSPS) is 14.7. The maximum Gasteiger partial charge on any atom is 0.0937 e. The summed E-state index contributed by atoms with van der Waals surface area (Å²) >= 11 is 6.58. The highest BCUT2D eigenvalue weighted by Crippen LogP contribution is 2.61. The molecule has 4 aromatic rings. The molecule has 4 heterocycles. The smallest absolute Gasteiger partial charge is 0.0937 e. The fourth-order valence-electron chi connectivity index (χ4n) is 4.53. The molecule has 6 rings (SSSR count). The van der Waals surface area contributed by atoms with E-state index in [1.54, 1.807) is 6.20 Å². The number of hydrogen-bond donors (Lipinski definition) is 0. The van der Waals surface area contributed by atoms with Gasteiger partial charge in [0.05, 0.1) is 27.5 Å². The van der Waals surface area contributed by atoms with Gasteiger partial charge >= 0.3 is 0 Å². The van der Waals surface area contributed by atoms with Crippen LogP contribution in [-0.4, -0.2) is 19.9 Å². The lowest BCUT2D eigenvalue weighted by Gasteiger charge is -2.28. The van der Waals surface area contributed by atoms with Gasteiger partial charge in [-0.15, -0.1) is 0 Å². The summed E-state index contributed by atoms with van der Waals surface area (Å²) in [5.41, 5.74) is 7.49. The van der Waals surface area contributed by atoms with E-state index in [-0.39, 0.29) is 0 Å². The van der Waals surface area contributed by atoms with Crippen molar-refractivity contribution in [1.82, 2.24) is 19.9 Å². The lowest BCUT2D eigenvalue weighted by Crippen LogP contribution is -2.26. The fourth-order valence-corrected chi connectivity index (χ4v) is 4.78. The summed E-state index contributed by atoms with van der Waals surface area (Å²) < 4.78 is 0. The Hall–Kier alpha value is -3.11. The van der Waals surface area contributed by atoms with Crippen LogP contribution in [0.1, 0.15) is 22.3 Å². The molecule has 0 amide bonds. The molecule has 2 aliphatic rings. The minimum atomic E-state index is -0.524. The van der Waals surface area contributed by atoms with Gasteiger partial charge in [0.15, 0.2) is 0 Å². The molecule has 0 N–H and O–H groups in total. The lowest BCUT2D eigenvalue weighted by atomic mass is 9.72. The number of pyridine rings is 4. The first kappa shape index (κ1) is 14.1. The third kappa shape index (κ3) is 1.43. The molecule has 0 atom stereocenters. The molecule has 1 spiro atoms. The minimum absolute atomic E-state index is 0.524. The van der Waals surface area contributed by atoms with Gasteiger partial charge in [-0.25, -0.2) is 0 Å². The van der Waals surface area contributed by atoms with Crippen molar-refractivity contribution < 1.29 is 0 Å². The highest BCUT2D eigenvalue weighted by Gasteiger charge is 2.54. The average Bonchev–Trinajstić information content (AvgIpc) is 3.16. The Bertz CT molecular complexity index is 1170. The predicted molar refractivity (Wildman–Crippen MR) is 98.9 cm³/mol. The second-order valence-electron chi connectivity index (χ2n) is 6.49. The first-order valence-electron chi connectivity index (χ1n) is 8.34. The second kappa shape index (κ2) is 4.74. The van der Waals surface area contributed by atoms with Gasteiger partial charge in [-0.05, 0) is 34.9 Å². The molecular formula is C21H11ClN4. The van der Waals surface area contributed by atoms with Gasteiger partial charge in [-0.1, -0.05) is 29.8 Å². The number of rotatable bonds is 0. The monoisotopic (exact) mass is 354 g/mol. The summed E-state index contributed by atoms with van der Waals surface area (Å²) in [7, 11) is 0. The van der Waals surface area contributed by atoms with Crippen molar-refractivity contribution in [2.45, 2.75) is 5.41 Å². The summed E-state index contributed by atoms with van der Waals surface area (Å²) in [6.07, 6.45) is 9.02. The van der Waals surface area contributed by atoms with Crippen LogP contribution >= 0.6 is 11.6 Å². The molecule has 0 saturated heterocycles. The Morgan fingerprint density at radius 3 is 1.81 bits per heavy atom. The standard InChI is InChI=1S/C21H11ClN4/c22-16-11-23-10-15-17(16)18-12(4-1-7-24-18)21(15)13-5-2-8-25-19(13)20-14(21)6-3-9-26-20/h1-11H. The van der Waals surface area contributed by atoms with Crippen molar-refractivity contribution in [3.8, 4) is 22.6 Å². The highest BCUT2D eigenvalue weighted by molar-refractivity contribution is 6.33. The number of halogens is 1. The van der Waals surface area contributed by atoms with Gasteiger partial charge in [0.1, 0.15) is 0 Å². The topological polar surface area (TPSA) is 51.6 Å². The van der Waals surface area contributed by atoms with Crippen molar-refractivity contribution in [2.24, 2.45) is 0 Å². The Balaban J connectivity index is 1.89. The Labute approximate surface area is 154 Å². The zero-order valence-corrected chi connectivity index (χ0v) is 14.3. The van der Waals surface area contributed by atoms with Gasteiger partial charge < -0.3 is 0 Å². The second-order valence-corrected chi connectivity index (χ2v) is 6.90. The fraction of sp³-hybridized carbons (Fsp3) is 0.0476. The average molecular weight is 355 g/mol. The zero-order chi connectivity index (χ0) is 17.3. The molecule has 0 aromatic carbocycles. The van der Waals surface area contributed by atoms with Crippen LogP contribution in [0.4, 0.5) is 0 Å². The van der Waals surface area contributed by atoms with Gasteiger partial charge in [0.25, 0.3) is 0 Å². The van der Waals surface area contributed by atoms with E-state index in [2.05, 4.69) is 38.1 Å². The molecule has 122 valence electrons. The molecule has 0 fully saturated rings. The van der Waals surface area contributed by atoms with Gasteiger partial charge in [0, 0.05) is 42.1 Å². The Morgan fingerprint density at radius 1 is 0.654 bits per heavy atom. The van der Waals surface area contributed by atoms with Gasteiger partial charge in [-0.3, -0.25) is 19.9 Å². The Kier molecular flexibility index (Phi) is 2.57. The molecular weight excluding hydrogens is 344 g/mol. The van der Waals surface area contributed by atoms with Crippen LogP contribution in [0, 0.1) is 0 Å². The van der Waals surface area contributed by atoms with Crippen molar-refractivity contribution in [2.75, 3.05) is 0 Å². The van der Waals surface area contributed by atoms with Gasteiger partial charge in [-0.2, -0.15) is 0 Å². The Morgan fingerprint density at radius 2 is 1.19 bits per heavy atom. The summed E-state index contributed by atoms with van der Waals surface area (Å²) in [6, 6.07) is 12.3. The van der Waals surface area contributed by atoms with Crippen molar-refractivity contribution >= 4 is 11.6 Å². The van der Waals surface area contributed by atoms with E-state index in [4.69, 9.17) is 11.6 Å². The largest absolute Gasteiger partial charge is 0.263 e. The van der Waals surface area contributed by atoms with E-state index < -0.39 is 5.41 Å². The molecule has 2 aliphatic carbocycles. The molecule has 4 aromatic heterocycles. The third-order valence-corrected chi connectivity index (χ3v) is 5.69. The summed E-state index contributed by atoms with van der Waals surface area (Å²) in [5.74, 6) is 0. The van der Waals surface area contributed by atoms with Gasteiger partial charge in [0.2, 0.25) is 0 Å². The molecule has 0 saturated carbocycles. The van der Waals surface area contributed by atoms with Crippen LogP contribution in [-0.2, 0) is 5.41 Å². The number of nitrogens with zero attached hydrogens (tertiary/aromatic N) is 4. The maximum absolute atomic E-state index is 6.58. The SMILES string of the molecule is Clc1cncc2c1-c1ncccc1C21c2cccnc2-c2ncccc21. The van der Waals surface area contributed by atoms with E-state index in [1.807, 2.05) is 43.0 Å². The quantitative estimate of drug-likeness (QED) is 0.409. The number of aromatic nitrogens is 4. The van der Waals surface area contributed by atoms with Crippen LogP contribution in [0.2, 0.25) is 5.02 Å². The van der Waals surface area contributed by atoms with Crippen LogP contribution in [0.3, 0.4) is 0 Å². The van der Waals surface area contributed by atoms with Crippen LogP contribution < -0.4 is 0 Å². The van der Waals surface area contributed by atoms with E-state index in [9.17, 15) is 0 Å². The van der Waals surface area contributed by atoms with Crippen LogP contribution in [0.15, 0.2) is 67.4 Å². The zero-order valence-electron chi connectivity index (χ0n) is 13.5. The number of fused-ring (bicyclic) bond motifs is 10. The summed E-state index contributed by atoms with van der Waals surface area (Å²) in [6.45, 7) is 0. The van der Waals surface area contributed by atoms with Crippen LogP contribution in [0.25, 0.3) is 22.6 Å². The molecule has 0 unspecified atom stereocenters. The first-order valence-corrected chi connectivity index (χ1v) is 8.72. The predicted octanol–water partition coefficient (Wildman–Crippen LogP) is 4.26. The highest BCUT2D eigenvalue weighted by atomic mass is 35.5. The van der Waals surface area contributed by atoms with Crippen molar-refractivity contribution in [3.05, 3.63) is 94.7 Å². The number of hydrogen-bond acceptors (Lipinski definition) is 4. The minimum Gasteiger partial charge on any atom is -0.263 e. The van der Waals surface area contributed by atoms with E-state index in [1.165, 1.54) is 0 Å². The molecule has 0 radical (unpaired) electrons. The molecule has 0 bridgehead atoms. The molecule has 4 nitrogen and oxygen atoms in total. The summed E-state index contributed by atoms with van der Waals surface area (Å²) in [4.78, 5) is 18.4. The van der Waals surface area contributed by atoms with E-state index >= 15 is 0 Å². The van der Waals surface area contributed by atoms with E-state index in [0.717, 1.165) is 44.9 Å². The van der Waals surface area contributed by atoms with Crippen molar-refractivity contribution in [3.63, 3.8) is 0 Å².